The van der Waals surface area contributed by atoms with Gasteiger partial charge in [-0.25, -0.2) is 0 Å². The molecule has 0 atom stereocenters. The number of anilines is 2. The predicted octanol–water partition coefficient (Wildman–Crippen LogP) is 6.14. The summed E-state index contributed by atoms with van der Waals surface area (Å²) in [6.07, 6.45) is 1.45. The third-order valence-electron chi connectivity index (χ3n) is 5.50. The van der Waals surface area contributed by atoms with Crippen LogP contribution in [0.4, 0.5) is 11.4 Å². The number of aryl methyl sites for hydroxylation is 3. The lowest BCUT2D eigenvalue weighted by molar-refractivity contribution is -0.118. The van der Waals surface area contributed by atoms with Crippen LogP contribution in [-0.4, -0.2) is 18.4 Å². The van der Waals surface area contributed by atoms with E-state index >= 15 is 0 Å². The molecule has 2 amide bonds. The van der Waals surface area contributed by atoms with Gasteiger partial charge in [-0.1, -0.05) is 47.5 Å². The van der Waals surface area contributed by atoms with Crippen molar-refractivity contribution in [3.05, 3.63) is 93.0 Å². The maximum Gasteiger partial charge on any atom is 0.266 e. The van der Waals surface area contributed by atoms with E-state index in [4.69, 9.17) is 16.3 Å². The average Bonchev–Trinajstić information content (AvgIpc) is 2.81. The van der Waals surface area contributed by atoms with Gasteiger partial charge >= 0.3 is 0 Å². The highest BCUT2D eigenvalue weighted by atomic mass is 35.5. The first-order chi connectivity index (χ1) is 16.7. The second kappa shape index (κ2) is 11.4. The number of nitrogens with zero attached hydrogens (tertiary/aromatic N) is 1. The number of rotatable bonds is 7. The number of nitrogens with one attached hydrogen (secondary N) is 2. The normalized spacial score (nSPS) is 10.9. The SMILES string of the molecule is Cc1ccc(NC(=O)COc2ccc(/C=C(/C#N)C(=O)Nc3cccc(C)c3C)cc2Cl)c(C)c1. The number of nitriles is 1. The van der Waals surface area contributed by atoms with Crippen molar-refractivity contribution in [1.29, 1.82) is 5.26 Å². The first-order valence-electron chi connectivity index (χ1n) is 11.0. The molecule has 7 heteroatoms. The Morgan fingerprint density at radius 3 is 2.43 bits per heavy atom. The molecule has 0 aliphatic heterocycles. The van der Waals surface area contributed by atoms with Crippen LogP contribution in [0.15, 0.2) is 60.2 Å². The minimum absolute atomic E-state index is 0.0662. The number of hydrogen-bond acceptors (Lipinski definition) is 4. The maximum atomic E-state index is 12.6. The lowest BCUT2D eigenvalue weighted by Crippen LogP contribution is -2.20. The lowest BCUT2D eigenvalue weighted by Gasteiger charge is -2.11. The summed E-state index contributed by atoms with van der Waals surface area (Å²) in [6, 6.07) is 18.1. The molecule has 0 fully saturated rings. The summed E-state index contributed by atoms with van der Waals surface area (Å²) in [5, 5.41) is 15.3. The molecule has 3 rings (SSSR count). The molecular weight excluding hydrogens is 462 g/mol. The molecule has 0 aliphatic carbocycles. The van der Waals surface area contributed by atoms with Crippen molar-refractivity contribution in [1.82, 2.24) is 0 Å². The molecule has 0 radical (unpaired) electrons. The van der Waals surface area contributed by atoms with E-state index < -0.39 is 5.91 Å². The Kier molecular flexibility index (Phi) is 8.30. The van der Waals surface area contributed by atoms with Gasteiger partial charge in [0.1, 0.15) is 17.4 Å². The number of ether oxygens (including phenoxy) is 1. The second-order valence-corrected chi connectivity index (χ2v) is 8.62. The van der Waals surface area contributed by atoms with Crippen molar-refractivity contribution in [2.24, 2.45) is 0 Å². The molecule has 178 valence electrons. The molecule has 6 nitrogen and oxygen atoms in total. The minimum atomic E-state index is -0.513. The zero-order valence-electron chi connectivity index (χ0n) is 20.0. The molecule has 0 aromatic heterocycles. The summed E-state index contributed by atoms with van der Waals surface area (Å²) in [6.45, 7) is 7.54. The third-order valence-corrected chi connectivity index (χ3v) is 5.79. The highest BCUT2D eigenvalue weighted by molar-refractivity contribution is 6.32. The van der Waals surface area contributed by atoms with Gasteiger partial charge in [0.2, 0.25) is 0 Å². The molecule has 0 bridgehead atoms. The van der Waals surface area contributed by atoms with Gasteiger partial charge in [0.25, 0.3) is 11.8 Å². The number of amides is 2. The smallest absolute Gasteiger partial charge is 0.266 e. The Morgan fingerprint density at radius 2 is 1.74 bits per heavy atom. The van der Waals surface area contributed by atoms with E-state index in [9.17, 15) is 14.9 Å². The Labute approximate surface area is 210 Å². The Bertz CT molecular complexity index is 1360. The van der Waals surface area contributed by atoms with Gasteiger partial charge in [-0.2, -0.15) is 5.26 Å². The van der Waals surface area contributed by atoms with Gasteiger partial charge in [0.05, 0.1) is 5.02 Å². The summed E-state index contributed by atoms with van der Waals surface area (Å²) in [5.41, 5.74) is 5.90. The number of hydrogen-bond donors (Lipinski definition) is 2. The summed E-state index contributed by atoms with van der Waals surface area (Å²) >= 11 is 6.32. The topological polar surface area (TPSA) is 91.2 Å². The van der Waals surface area contributed by atoms with E-state index in [1.165, 1.54) is 6.08 Å². The van der Waals surface area contributed by atoms with Crippen LogP contribution in [-0.2, 0) is 9.59 Å². The standard InChI is InChI=1S/C28H26ClN3O3/c1-17-8-10-24(19(3)12-17)31-27(33)16-35-26-11-9-21(14-23(26)29)13-22(15-30)28(34)32-25-7-5-6-18(2)20(25)4/h5-14H,16H2,1-4H3,(H,31,33)(H,32,34)/b22-13-. The molecule has 0 saturated carbocycles. The summed E-state index contributed by atoms with van der Waals surface area (Å²) in [4.78, 5) is 24.9. The van der Waals surface area contributed by atoms with E-state index in [0.29, 0.717) is 17.0 Å². The number of halogens is 1. The van der Waals surface area contributed by atoms with Gasteiger partial charge in [0.15, 0.2) is 6.61 Å². The molecule has 35 heavy (non-hydrogen) atoms. The van der Waals surface area contributed by atoms with Crippen molar-refractivity contribution in [3.63, 3.8) is 0 Å². The largest absolute Gasteiger partial charge is 0.482 e. The minimum Gasteiger partial charge on any atom is -0.482 e. The fourth-order valence-electron chi connectivity index (χ4n) is 3.40. The summed E-state index contributed by atoms with van der Waals surface area (Å²) in [7, 11) is 0. The van der Waals surface area contributed by atoms with Crippen LogP contribution in [0.5, 0.6) is 5.75 Å². The second-order valence-electron chi connectivity index (χ2n) is 8.22. The average molecular weight is 488 g/mol. The van der Waals surface area contributed by atoms with Crippen LogP contribution in [0.25, 0.3) is 6.08 Å². The number of benzene rings is 3. The summed E-state index contributed by atoms with van der Waals surface area (Å²) in [5.74, 6) is -0.509. The van der Waals surface area contributed by atoms with Crippen molar-refractivity contribution >= 4 is 40.9 Å². The predicted molar refractivity (Wildman–Crippen MR) is 140 cm³/mol. The van der Waals surface area contributed by atoms with Crippen LogP contribution < -0.4 is 15.4 Å². The van der Waals surface area contributed by atoms with Crippen LogP contribution in [0.1, 0.15) is 27.8 Å². The molecule has 3 aromatic carbocycles. The number of carbonyl (C=O) groups excluding carboxylic acids is 2. The zero-order valence-corrected chi connectivity index (χ0v) is 20.8. The van der Waals surface area contributed by atoms with Crippen molar-refractivity contribution in [2.75, 3.05) is 17.2 Å². The van der Waals surface area contributed by atoms with E-state index in [-0.39, 0.29) is 23.1 Å². The molecule has 2 N–H and O–H groups in total. The van der Waals surface area contributed by atoms with Crippen LogP contribution in [0.3, 0.4) is 0 Å². The molecule has 0 saturated heterocycles. The Hall–Kier alpha value is -4.08. The fraction of sp³-hybridized carbons (Fsp3) is 0.179. The molecular formula is C28H26ClN3O3. The lowest BCUT2D eigenvalue weighted by atomic mass is 10.1. The van der Waals surface area contributed by atoms with Gasteiger partial charge in [-0.15, -0.1) is 0 Å². The molecule has 0 heterocycles. The van der Waals surface area contributed by atoms with Gasteiger partial charge in [-0.3, -0.25) is 9.59 Å². The fourth-order valence-corrected chi connectivity index (χ4v) is 3.64. The summed E-state index contributed by atoms with van der Waals surface area (Å²) < 4.78 is 5.56. The first kappa shape index (κ1) is 25.5. The number of carbonyl (C=O) groups is 2. The van der Waals surface area contributed by atoms with Crippen LogP contribution in [0.2, 0.25) is 5.02 Å². The van der Waals surface area contributed by atoms with E-state index in [2.05, 4.69) is 10.6 Å². The highest BCUT2D eigenvalue weighted by Crippen LogP contribution is 2.27. The highest BCUT2D eigenvalue weighted by Gasteiger charge is 2.13. The quantitative estimate of drug-likeness (QED) is 0.309. The third kappa shape index (κ3) is 6.72. The molecule has 0 unspecified atom stereocenters. The van der Waals surface area contributed by atoms with Gasteiger partial charge < -0.3 is 15.4 Å². The molecule has 0 spiro atoms. The monoisotopic (exact) mass is 487 g/mol. The maximum absolute atomic E-state index is 12.6. The zero-order chi connectivity index (χ0) is 25.5. The van der Waals surface area contributed by atoms with E-state index in [0.717, 1.165) is 27.9 Å². The Morgan fingerprint density at radius 1 is 0.971 bits per heavy atom. The van der Waals surface area contributed by atoms with Crippen molar-refractivity contribution in [3.8, 4) is 11.8 Å². The molecule has 3 aromatic rings. The van der Waals surface area contributed by atoms with E-state index in [1.54, 1.807) is 24.3 Å². The molecule has 0 aliphatic rings. The van der Waals surface area contributed by atoms with Gasteiger partial charge in [-0.05, 0) is 80.3 Å². The van der Waals surface area contributed by atoms with Gasteiger partial charge in [0, 0.05) is 11.4 Å². The van der Waals surface area contributed by atoms with Crippen LogP contribution in [0, 0.1) is 39.0 Å². The van der Waals surface area contributed by atoms with Crippen LogP contribution >= 0.6 is 11.6 Å². The van der Waals surface area contributed by atoms with Crippen molar-refractivity contribution in [2.45, 2.75) is 27.7 Å². The van der Waals surface area contributed by atoms with Crippen molar-refractivity contribution < 1.29 is 14.3 Å². The van der Waals surface area contributed by atoms with E-state index in [1.807, 2.05) is 64.1 Å². The Balaban J connectivity index is 1.66. The first-order valence-corrected chi connectivity index (χ1v) is 11.3.